The SMILES string of the molecule is Cc1cc(Cl)ccc1NC(=S)N/N=C/c1ccc(O)cc1O. The molecule has 0 fully saturated rings. The summed E-state index contributed by atoms with van der Waals surface area (Å²) >= 11 is 11.0. The number of hydrogen-bond acceptors (Lipinski definition) is 4. The van der Waals surface area contributed by atoms with Crippen LogP contribution in [0, 0.1) is 6.92 Å². The molecular formula is C15H14ClN3O2S. The van der Waals surface area contributed by atoms with Crippen LogP contribution >= 0.6 is 23.8 Å². The zero-order valence-electron chi connectivity index (χ0n) is 11.7. The van der Waals surface area contributed by atoms with E-state index in [1.54, 1.807) is 6.07 Å². The number of phenolic OH excluding ortho intramolecular Hbond substituents is 2. The van der Waals surface area contributed by atoms with Gasteiger partial charge in [-0.15, -0.1) is 0 Å². The number of hydrazone groups is 1. The Hall–Kier alpha value is -2.31. The molecule has 2 aromatic carbocycles. The van der Waals surface area contributed by atoms with E-state index in [0.29, 0.717) is 15.7 Å². The quantitative estimate of drug-likeness (QED) is 0.393. The predicted molar refractivity (Wildman–Crippen MR) is 92.9 cm³/mol. The number of phenols is 2. The van der Waals surface area contributed by atoms with E-state index in [9.17, 15) is 10.2 Å². The molecule has 2 rings (SSSR count). The summed E-state index contributed by atoms with van der Waals surface area (Å²) in [7, 11) is 0. The molecule has 2 aromatic rings. The maximum atomic E-state index is 9.61. The molecule has 0 radical (unpaired) electrons. The van der Waals surface area contributed by atoms with E-state index < -0.39 is 0 Å². The van der Waals surface area contributed by atoms with Crippen LogP contribution in [-0.2, 0) is 0 Å². The number of aromatic hydroxyl groups is 2. The summed E-state index contributed by atoms with van der Waals surface area (Å²) in [6.07, 6.45) is 1.40. The molecule has 5 nitrogen and oxygen atoms in total. The Morgan fingerprint density at radius 2 is 2.00 bits per heavy atom. The van der Waals surface area contributed by atoms with Crippen LogP contribution in [0.2, 0.25) is 5.02 Å². The van der Waals surface area contributed by atoms with Crippen LogP contribution in [0.4, 0.5) is 5.69 Å². The van der Waals surface area contributed by atoms with Crippen molar-refractivity contribution in [2.75, 3.05) is 5.32 Å². The van der Waals surface area contributed by atoms with Crippen molar-refractivity contribution in [3.63, 3.8) is 0 Å². The second kappa shape index (κ2) is 7.11. The molecule has 0 atom stereocenters. The Labute approximate surface area is 138 Å². The average molecular weight is 336 g/mol. The van der Waals surface area contributed by atoms with E-state index in [0.717, 1.165) is 11.3 Å². The lowest BCUT2D eigenvalue weighted by Crippen LogP contribution is -2.24. The van der Waals surface area contributed by atoms with Gasteiger partial charge < -0.3 is 15.5 Å². The highest BCUT2D eigenvalue weighted by Gasteiger charge is 2.02. The number of halogens is 1. The van der Waals surface area contributed by atoms with Gasteiger partial charge in [-0.1, -0.05) is 11.6 Å². The van der Waals surface area contributed by atoms with Crippen LogP contribution < -0.4 is 10.7 Å². The summed E-state index contributed by atoms with van der Waals surface area (Å²) in [6, 6.07) is 9.63. The van der Waals surface area contributed by atoms with Gasteiger partial charge in [0.15, 0.2) is 5.11 Å². The third-order valence-electron chi connectivity index (χ3n) is 2.82. The van der Waals surface area contributed by atoms with Crippen molar-refractivity contribution in [2.24, 2.45) is 5.10 Å². The van der Waals surface area contributed by atoms with Gasteiger partial charge in [0.05, 0.1) is 6.21 Å². The first-order chi connectivity index (χ1) is 10.5. The lowest BCUT2D eigenvalue weighted by molar-refractivity contribution is 0.450. The normalized spacial score (nSPS) is 10.6. The molecule has 22 heavy (non-hydrogen) atoms. The summed E-state index contributed by atoms with van der Waals surface area (Å²) in [5.41, 5.74) is 4.88. The Balaban J connectivity index is 1.96. The molecule has 4 N–H and O–H groups in total. The predicted octanol–water partition coefficient (Wildman–Crippen LogP) is 3.38. The van der Waals surface area contributed by atoms with E-state index in [-0.39, 0.29) is 11.5 Å². The zero-order valence-corrected chi connectivity index (χ0v) is 13.2. The topological polar surface area (TPSA) is 76.9 Å². The highest BCUT2D eigenvalue weighted by atomic mass is 35.5. The van der Waals surface area contributed by atoms with E-state index in [1.807, 2.05) is 19.1 Å². The van der Waals surface area contributed by atoms with Gasteiger partial charge >= 0.3 is 0 Å². The van der Waals surface area contributed by atoms with Crippen LogP contribution in [0.25, 0.3) is 0 Å². The second-order valence-electron chi connectivity index (χ2n) is 4.53. The Kier molecular flexibility index (Phi) is 5.19. The van der Waals surface area contributed by atoms with E-state index in [2.05, 4.69) is 15.8 Å². The number of nitrogens with zero attached hydrogens (tertiary/aromatic N) is 1. The van der Waals surface area contributed by atoms with Gasteiger partial charge in [-0.05, 0) is 55.0 Å². The monoisotopic (exact) mass is 335 g/mol. The fourth-order valence-electron chi connectivity index (χ4n) is 1.72. The Morgan fingerprint density at radius 1 is 1.23 bits per heavy atom. The number of benzene rings is 2. The standard InChI is InChI=1S/C15H14ClN3O2S/c1-9-6-11(16)3-5-13(9)18-15(22)19-17-8-10-2-4-12(20)7-14(10)21/h2-8,20-21H,1H3,(H2,18,19,22)/b17-8+. The number of hydrogen-bond donors (Lipinski definition) is 4. The minimum Gasteiger partial charge on any atom is -0.508 e. The van der Waals surface area contributed by atoms with Crippen LogP contribution in [0.3, 0.4) is 0 Å². The zero-order chi connectivity index (χ0) is 16.1. The summed E-state index contributed by atoms with van der Waals surface area (Å²) in [6.45, 7) is 1.91. The van der Waals surface area contributed by atoms with E-state index in [1.165, 1.54) is 24.4 Å². The molecule has 0 heterocycles. The Bertz CT molecular complexity index is 735. The molecule has 0 spiro atoms. The fraction of sp³-hybridized carbons (Fsp3) is 0.0667. The van der Waals surface area contributed by atoms with Gasteiger partial charge in [-0.25, -0.2) is 0 Å². The largest absolute Gasteiger partial charge is 0.508 e. The van der Waals surface area contributed by atoms with E-state index >= 15 is 0 Å². The van der Waals surface area contributed by atoms with Gasteiger partial charge in [0, 0.05) is 22.3 Å². The van der Waals surface area contributed by atoms with Crippen molar-refractivity contribution in [2.45, 2.75) is 6.92 Å². The second-order valence-corrected chi connectivity index (χ2v) is 5.37. The fourth-order valence-corrected chi connectivity index (χ4v) is 2.11. The molecule has 0 aliphatic rings. The molecule has 0 aromatic heterocycles. The van der Waals surface area contributed by atoms with Gasteiger partial charge in [-0.2, -0.15) is 5.10 Å². The molecule has 0 saturated carbocycles. The molecular weight excluding hydrogens is 322 g/mol. The van der Waals surface area contributed by atoms with Crippen molar-refractivity contribution < 1.29 is 10.2 Å². The smallest absolute Gasteiger partial charge is 0.191 e. The lowest BCUT2D eigenvalue weighted by Gasteiger charge is -2.10. The average Bonchev–Trinajstić information content (AvgIpc) is 2.44. The lowest BCUT2D eigenvalue weighted by atomic mass is 10.2. The van der Waals surface area contributed by atoms with Crippen molar-refractivity contribution in [3.8, 4) is 11.5 Å². The third-order valence-corrected chi connectivity index (χ3v) is 3.25. The number of aryl methyl sites for hydroxylation is 1. The van der Waals surface area contributed by atoms with Crippen molar-refractivity contribution >= 4 is 40.8 Å². The van der Waals surface area contributed by atoms with Crippen LogP contribution in [0.5, 0.6) is 11.5 Å². The van der Waals surface area contributed by atoms with Gasteiger partial charge in [0.2, 0.25) is 0 Å². The van der Waals surface area contributed by atoms with Crippen molar-refractivity contribution in [3.05, 3.63) is 52.5 Å². The number of thiocarbonyl (C=S) groups is 1. The minimum absolute atomic E-state index is 0.0157. The molecule has 0 unspecified atom stereocenters. The summed E-state index contributed by atoms with van der Waals surface area (Å²) in [5.74, 6) is -0.0871. The van der Waals surface area contributed by atoms with Crippen molar-refractivity contribution in [1.29, 1.82) is 0 Å². The highest BCUT2D eigenvalue weighted by molar-refractivity contribution is 7.80. The first kappa shape index (κ1) is 16.1. The molecule has 0 amide bonds. The number of rotatable bonds is 3. The molecule has 0 bridgehead atoms. The van der Waals surface area contributed by atoms with Crippen LogP contribution in [-0.4, -0.2) is 21.5 Å². The van der Waals surface area contributed by atoms with Crippen molar-refractivity contribution in [1.82, 2.24) is 5.43 Å². The minimum atomic E-state index is -0.0713. The maximum absolute atomic E-state index is 9.61. The number of nitrogens with one attached hydrogen (secondary N) is 2. The first-order valence-corrected chi connectivity index (χ1v) is 7.12. The summed E-state index contributed by atoms with van der Waals surface area (Å²) in [4.78, 5) is 0. The molecule has 0 aliphatic heterocycles. The van der Waals surface area contributed by atoms with Gasteiger partial charge in [0.25, 0.3) is 0 Å². The molecule has 0 saturated heterocycles. The van der Waals surface area contributed by atoms with Gasteiger partial charge in [0.1, 0.15) is 11.5 Å². The number of anilines is 1. The van der Waals surface area contributed by atoms with Gasteiger partial charge in [-0.3, -0.25) is 5.43 Å². The molecule has 7 heteroatoms. The molecule has 0 aliphatic carbocycles. The Morgan fingerprint density at radius 3 is 2.68 bits per heavy atom. The van der Waals surface area contributed by atoms with E-state index in [4.69, 9.17) is 23.8 Å². The molecule has 114 valence electrons. The maximum Gasteiger partial charge on any atom is 0.191 e. The highest BCUT2D eigenvalue weighted by Crippen LogP contribution is 2.21. The van der Waals surface area contributed by atoms with Crippen LogP contribution in [0.15, 0.2) is 41.5 Å². The third kappa shape index (κ3) is 4.34. The first-order valence-electron chi connectivity index (χ1n) is 6.34. The summed E-state index contributed by atoms with van der Waals surface area (Å²) in [5, 5.41) is 26.7. The van der Waals surface area contributed by atoms with Crippen LogP contribution in [0.1, 0.15) is 11.1 Å². The summed E-state index contributed by atoms with van der Waals surface area (Å²) < 4.78 is 0.